The van der Waals surface area contributed by atoms with Gasteiger partial charge in [0.2, 0.25) is 5.91 Å². The zero-order valence-corrected chi connectivity index (χ0v) is 14.6. The summed E-state index contributed by atoms with van der Waals surface area (Å²) in [5.74, 6) is 0.603. The van der Waals surface area contributed by atoms with E-state index in [9.17, 15) is 9.90 Å². The van der Waals surface area contributed by atoms with Crippen LogP contribution in [0.2, 0.25) is 0 Å². The van der Waals surface area contributed by atoms with Crippen LogP contribution in [0.25, 0.3) is 0 Å². The van der Waals surface area contributed by atoms with E-state index in [0.29, 0.717) is 18.0 Å². The second-order valence-corrected chi connectivity index (χ2v) is 7.44. The van der Waals surface area contributed by atoms with Crippen molar-refractivity contribution in [3.05, 3.63) is 0 Å². The number of carbonyl (C=O) groups excluding carboxylic acids is 1. The molecular formula is C18H34N2O2. The van der Waals surface area contributed by atoms with Crippen molar-refractivity contribution in [1.29, 1.82) is 0 Å². The van der Waals surface area contributed by atoms with Crippen LogP contribution in [-0.2, 0) is 4.79 Å². The molecule has 0 radical (unpaired) electrons. The van der Waals surface area contributed by atoms with E-state index in [1.165, 1.54) is 19.3 Å². The molecular weight excluding hydrogens is 276 g/mol. The number of rotatable bonds is 6. The monoisotopic (exact) mass is 310 g/mol. The normalized spacial score (nSPS) is 34.5. The van der Waals surface area contributed by atoms with E-state index in [2.05, 4.69) is 24.1 Å². The average Bonchev–Trinajstić information content (AvgIpc) is 2.83. The summed E-state index contributed by atoms with van der Waals surface area (Å²) in [5.41, 5.74) is 0. The molecule has 22 heavy (non-hydrogen) atoms. The minimum atomic E-state index is -0.116. The van der Waals surface area contributed by atoms with Gasteiger partial charge in [-0.25, -0.2) is 0 Å². The molecule has 0 aromatic rings. The van der Waals surface area contributed by atoms with Crippen molar-refractivity contribution >= 4 is 5.91 Å². The first-order chi connectivity index (χ1) is 10.5. The Hall–Kier alpha value is -0.610. The maximum absolute atomic E-state index is 12.3. The van der Waals surface area contributed by atoms with Crippen LogP contribution < -0.4 is 5.32 Å². The van der Waals surface area contributed by atoms with Crippen LogP contribution in [0.4, 0.5) is 0 Å². The Morgan fingerprint density at radius 1 is 1.18 bits per heavy atom. The summed E-state index contributed by atoms with van der Waals surface area (Å²) in [7, 11) is 0. The first-order valence-electron chi connectivity index (χ1n) is 9.24. The molecule has 2 rings (SSSR count). The highest BCUT2D eigenvalue weighted by Crippen LogP contribution is 2.28. The molecule has 4 heteroatoms. The molecule has 2 aliphatic rings. The first-order valence-corrected chi connectivity index (χ1v) is 9.24. The minimum absolute atomic E-state index is 0.0345. The third kappa shape index (κ3) is 4.45. The van der Waals surface area contributed by atoms with E-state index < -0.39 is 0 Å². The zero-order chi connectivity index (χ0) is 16.1. The van der Waals surface area contributed by atoms with Gasteiger partial charge in [0.25, 0.3) is 0 Å². The summed E-state index contributed by atoms with van der Waals surface area (Å²) in [6, 6.07) is 0.981. The van der Waals surface area contributed by atoms with Gasteiger partial charge in [0, 0.05) is 18.6 Å². The molecule has 0 spiro atoms. The average molecular weight is 310 g/mol. The molecule has 0 bridgehead atoms. The van der Waals surface area contributed by atoms with Gasteiger partial charge in [-0.2, -0.15) is 0 Å². The Labute approximate surface area is 135 Å². The van der Waals surface area contributed by atoms with E-state index in [-0.39, 0.29) is 18.1 Å². The third-order valence-electron chi connectivity index (χ3n) is 5.77. The zero-order valence-electron chi connectivity index (χ0n) is 14.6. The van der Waals surface area contributed by atoms with Gasteiger partial charge in [-0.3, -0.25) is 9.69 Å². The molecule has 1 saturated heterocycles. The number of hydrogen-bond acceptors (Lipinski definition) is 3. The van der Waals surface area contributed by atoms with Gasteiger partial charge in [0.1, 0.15) is 0 Å². The number of likely N-dealkylation sites (tertiary alicyclic amines) is 1. The number of amides is 1. The molecule has 5 unspecified atom stereocenters. The largest absolute Gasteiger partial charge is 0.393 e. The number of nitrogens with one attached hydrogen (secondary N) is 1. The van der Waals surface area contributed by atoms with Crippen LogP contribution in [0.1, 0.15) is 72.1 Å². The summed E-state index contributed by atoms with van der Waals surface area (Å²) in [4.78, 5) is 14.7. The van der Waals surface area contributed by atoms with Gasteiger partial charge in [0.05, 0.1) is 12.1 Å². The quantitative estimate of drug-likeness (QED) is 0.742. The highest BCUT2D eigenvalue weighted by molar-refractivity contribution is 5.81. The van der Waals surface area contributed by atoms with Crippen molar-refractivity contribution in [1.82, 2.24) is 10.2 Å². The number of aliphatic hydroxyl groups excluding tert-OH is 1. The first kappa shape index (κ1) is 17.7. The number of hydrogen-bond donors (Lipinski definition) is 2. The predicted molar refractivity (Wildman–Crippen MR) is 89.7 cm³/mol. The van der Waals surface area contributed by atoms with E-state index in [1.807, 2.05) is 6.92 Å². The van der Waals surface area contributed by atoms with Gasteiger partial charge < -0.3 is 10.4 Å². The van der Waals surface area contributed by atoms with Crippen molar-refractivity contribution < 1.29 is 9.90 Å². The molecule has 1 aliphatic carbocycles. The fourth-order valence-corrected chi connectivity index (χ4v) is 4.36. The number of carbonyl (C=O) groups is 1. The molecule has 1 aliphatic heterocycles. The highest BCUT2D eigenvalue weighted by atomic mass is 16.3. The SMILES string of the molecule is CC1CCC(C)N1C(C)C(=O)NCCCC1CCCCC1O. The van der Waals surface area contributed by atoms with Crippen molar-refractivity contribution in [2.75, 3.05) is 6.54 Å². The highest BCUT2D eigenvalue weighted by Gasteiger charge is 2.34. The second kappa shape index (κ2) is 8.30. The smallest absolute Gasteiger partial charge is 0.237 e. The van der Waals surface area contributed by atoms with Gasteiger partial charge in [0.15, 0.2) is 0 Å². The van der Waals surface area contributed by atoms with E-state index in [0.717, 1.165) is 38.6 Å². The van der Waals surface area contributed by atoms with Crippen LogP contribution >= 0.6 is 0 Å². The Balaban J connectivity index is 1.67. The van der Waals surface area contributed by atoms with Crippen molar-refractivity contribution in [3.8, 4) is 0 Å². The van der Waals surface area contributed by atoms with Gasteiger partial charge in [-0.15, -0.1) is 0 Å². The van der Waals surface area contributed by atoms with Crippen molar-refractivity contribution in [2.24, 2.45) is 5.92 Å². The fourth-order valence-electron chi connectivity index (χ4n) is 4.36. The lowest BCUT2D eigenvalue weighted by atomic mass is 9.83. The summed E-state index contributed by atoms with van der Waals surface area (Å²) in [6.45, 7) is 7.21. The lowest BCUT2D eigenvalue weighted by Crippen LogP contribution is -2.49. The van der Waals surface area contributed by atoms with Gasteiger partial charge in [-0.1, -0.05) is 12.8 Å². The fraction of sp³-hybridized carbons (Fsp3) is 0.944. The van der Waals surface area contributed by atoms with Crippen molar-refractivity contribution in [3.63, 3.8) is 0 Å². The number of nitrogens with zero attached hydrogens (tertiary/aromatic N) is 1. The predicted octanol–water partition coefficient (Wildman–Crippen LogP) is 2.70. The molecule has 128 valence electrons. The van der Waals surface area contributed by atoms with E-state index in [4.69, 9.17) is 0 Å². The van der Waals surface area contributed by atoms with Crippen LogP contribution in [0.15, 0.2) is 0 Å². The summed E-state index contributed by atoms with van der Waals surface area (Å²) in [6.07, 6.45) is 8.80. The molecule has 5 atom stereocenters. The Bertz CT molecular complexity index is 351. The Kier molecular flexibility index (Phi) is 6.69. The lowest BCUT2D eigenvalue weighted by molar-refractivity contribution is -0.126. The topological polar surface area (TPSA) is 52.6 Å². The summed E-state index contributed by atoms with van der Waals surface area (Å²) < 4.78 is 0. The van der Waals surface area contributed by atoms with Crippen LogP contribution in [0.3, 0.4) is 0 Å². The molecule has 2 fully saturated rings. The van der Waals surface area contributed by atoms with E-state index >= 15 is 0 Å². The molecule has 1 amide bonds. The van der Waals surface area contributed by atoms with Crippen LogP contribution in [0.5, 0.6) is 0 Å². The number of aliphatic hydroxyl groups is 1. The minimum Gasteiger partial charge on any atom is -0.393 e. The molecule has 1 saturated carbocycles. The molecule has 1 heterocycles. The van der Waals surface area contributed by atoms with Gasteiger partial charge >= 0.3 is 0 Å². The lowest BCUT2D eigenvalue weighted by Gasteiger charge is -2.31. The third-order valence-corrected chi connectivity index (χ3v) is 5.77. The standard InChI is InChI=1S/C18H34N2O2/c1-13-10-11-14(2)20(13)15(3)18(22)19-12-6-8-16-7-4-5-9-17(16)21/h13-17,21H,4-12H2,1-3H3,(H,19,22). The van der Waals surface area contributed by atoms with Crippen LogP contribution in [0, 0.1) is 5.92 Å². The molecule has 4 nitrogen and oxygen atoms in total. The maximum Gasteiger partial charge on any atom is 0.237 e. The van der Waals surface area contributed by atoms with Crippen molar-refractivity contribution in [2.45, 2.75) is 96.4 Å². The molecule has 0 aromatic heterocycles. The molecule has 2 N–H and O–H groups in total. The Morgan fingerprint density at radius 3 is 2.45 bits per heavy atom. The van der Waals surface area contributed by atoms with E-state index in [1.54, 1.807) is 0 Å². The molecule has 0 aromatic carbocycles. The second-order valence-electron chi connectivity index (χ2n) is 7.44. The van der Waals surface area contributed by atoms with Gasteiger partial charge in [-0.05, 0) is 65.2 Å². The Morgan fingerprint density at radius 2 is 1.82 bits per heavy atom. The van der Waals surface area contributed by atoms with Crippen LogP contribution in [-0.4, -0.2) is 46.7 Å². The summed E-state index contributed by atoms with van der Waals surface area (Å²) >= 11 is 0. The maximum atomic E-state index is 12.3. The summed E-state index contributed by atoms with van der Waals surface area (Å²) in [5, 5.41) is 13.1.